The molecule has 2 atom stereocenters. The van der Waals surface area contributed by atoms with Crippen molar-refractivity contribution in [2.45, 2.75) is 31.6 Å². The molecule has 0 spiro atoms. The molecular weight excluding hydrogens is 425 g/mol. The first-order valence-electron chi connectivity index (χ1n) is 10.1. The van der Waals surface area contributed by atoms with Crippen molar-refractivity contribution in [3.05, 3.63) is 52.1 Å². The van der Waals surface area contributed by atoms with E-state index in [2.05, 4.69) is 20.6 Å². The van der Waals surface area contributed by atoms with Gasteiger partial charge in [-0.25, -0.2) is 9.97 Å². The van der Waals surface area contributed by atoms with E-state index in [0.717, 1.165) is 18.6 Å². The number of benzene rings is 1. The van der Waals surface area contributed by atoms with E-state index in [1.807, 2.05) is 0 Å². The van der Waals surface area contributed by atoms with Gasteiger partial charge in [-0.05, 0) is 43.2 Å². The van der Waals surface area contributed by atoms with Gasteiger partial charge in [-0.3, -0.25) is 9.36 Å². The van der Waals surface area contributed by atoms with Crippen molar-refractivity contribution in [1.29, 1.82) is 0 Å². The first kappa shape index (κ1) is 21.9. The lowest BCUT2D eigenvalue weighted by molar-refractivity contribution is -0.137. The van der Waals surface area contributed by atoms with Crippen molar-refractivity contribution < 1.29 is 17.9 Å². The molecule has 1 aliphatic rings. The maximum absolute atomic E-state index is 13.2. The predicted octanol–water partition coefficient (Wildman–Crippen LogP) is 3.30. The van der Waals surface area contributed by atoms with Gasteiger partial charge in [0, 0.05) is 19.3 Å². The number of fused-ring (bicyclic) bond motifs is 1. The third-order valence-corrected chi connectivity index (χ3v) is 5.45. The van der Waals surface area contributed by atoms with Crippen molar-refractivity contribution in [1.82, 2.24) is 14.5 Å². The number of pyridine rings is 1. The number of nitrogens with one attached hydrogen (secondary N) is 2. The fourth-order valence-corrected chi connectivity index (χ4v) is 3.73. The lowest BCUT2D eigenvalue weighted by atomic mass is 10.0. The van der Waals surface area contributed by atoms with Gasteiger partial charge in [-0.1, -0.05) is 0 Å². The number of aryl methyl sites for hydroxylation is 1. The average molecular weight is 448 g/mol. The van der Waals surface area contributed by atoms with Crippen LogP contribution < -0.4 is 21.9 Å². The molecule has 1 aliphatic heterocycles. The van der Waals surface area contributed by atoms with Crippen molar-refractivity contribution in [2.24, 2.45) is 7.05 Å². The number of rotatable bonds is 5. The van der Waals surface area contributed by atoms with E-state index in [9.17, 15) is 18.0 Å². The van der Waals surface area contributed by atoms with Crippen molar-refractivity contribution in [3.8, 4) is 0 Å². The molecule has 170 valence electrons. The Kier molecular flexibility index (Phi) is 5.68. The molecule has 3 aromatic rings. The molecule has 0 saturated carbocycles. The van der Waals surface area contributed by atoms with Gasteiger partial charge >= 0.3 is 6.18 Å². The molecule has 1 aromatic carbocycles. The van der Waals surface area contributed by atoms with E-state index in [0.29, 0.717) is 41.3 Å². The minimum atomic E-state index is -4.51. The zero-order valence-electron chi connectivity index (χ0n) is 17.5. The zero-order valence-corrected chi connectivity index (χ0v) is 17.5. The summed E-state index contributed by atoms with van der Waals surface area (Å²) in [7, 11) is 1.61. The van der Waals surface area contributed by atoms with Crippen LogP contribution in [0.2, 0.25) is 0 Å². The summed E-state index contributed by atoms with van der Waals surface area (Å²) in [5.74, 6) is 0.389. The smallest absolute Gasteiger partial charge is 0.399 e. The van der Waals surface area contributed by atoms with Crippen LogP contribution in [0.3, 0.4) is 0 Å². The molecule has 11 heteroatoms. The molecule has 4 N–H and O–H groups in total. The van der Waals surface area contributed by atoms with Crippen molar-refractivity contribution in [2.75, 3.05) is 29.6 Å². The Labute approximate surface area is 181 Å². The highest BCUT2D eigenvalue weighted by Crippen LogP contribution is 2.33. The highest BCUT2D eigenvalue weighted by Gasteiger charge is 2.31. The number of nitrogen functional groups attached to an aromatic ring is 1. The summed E-state index contributed by atoms with van der Waals surface area (Å²) >= 11 is 0. The molecule has 3 heterocycles. The van der Waals surface area contributed by atoms with Gasteiger partial charge in [-0.2, -0.15) is 13.2 Å². The third kappa shape index (κ3) is 4.33. The molecular formula is C21H23F3N6O2. The van der Waals surface area contributed by atoms with Crippen LogP contribution in [0.5, 0.6) is 0 Å². The summed E-state index contributed by atoms with van der Waals surface area (Å²) in [6, 6.07) is 4.57. The highest BCUT2D eigenvalue weighted by molar-refractivity contribution is 5.89. The number of hydrogen-bond acceptors (Lipinski definition) is 7. The summed E-state index contributed by atoms with van der Waals surface area (Å²) in [6.07, 6.45) is -2.42. The van der Waals surface area contributed by atoms with Crippen LogP contribution in [0.25, 0.3) is 11.0 Å². The number of halogens is 3. The molecule has 1 unspecified atom stereocenters. The van der Waals surface area contributed by atoms with Crippen LogP contribution in [-0.4, -0.2) is 33.8 Å². The minimum Gasteiger partial charge on any atom is -0.399 e. The normalized spacial score (nSPS) is 17.5. The number of hydrogen-bond donors (Lipinski definition) is 3. The Morgan fingerprint density at radius 1 is 1.25 bits per heavy atom. The lowest BCUT2D eigenvalue weighted by Gasteiger charge is -2.19. The molecule has 2 aromatic heterocycles. The third-order valence-electron chi connectivity index (χ3n) is 5.45. The van der Waals surface area contributed by atoms with E-state index in [-0.39, 0.29) is 17.3 Å². The number of ether oxygens (including phenoxy) is 1. The largest absolute Gasteiger partial charge is 0.416 e. The minimum absolute atomic E-state index is 0.0173. The number of alkyl halides is 3. The molecule has 1 saturated heterocycles. The lowest BCUT2D eigenvalue weighted by Crippen LogP contribution is -2.28. The van der Waals surface area contributed by atoms with Gasteiger partial charge in [0.05, 0.1) is 29.6 Å². The van der Waals surface area contributed by atoms with Crippen LogP contribution in [0.15, 0.2) is 35.4 Å². The van der Waals surface area contributed by atoms with Gasteiger partial charge in [0.2, 0.25) is 0 Å². The van der Waals surface area contributed by atoms with Gasteiger partial charge in [0.25, 0.3) is 5.56 Å². The molecule has 0 bridgehead atoms. The Bertz CT molecular complexity index is 1200. The Balaban J connectivity index is 1.71. The van der Waals surface area contributed by atoms with Crippen molar-refractivity contribution >= 4 is 28.2 Å². The van der Waals surface area contributed by atoms with Crippen LogP contribution in [-0.2, 0) is 18.0 Å². The number of nitrogens with two attached hydrogens (primary N) is 1. The molecule has 0 amide bonds. The standard InChI is InChI=1S/C21H23F3N6O2/c1-11(12-5-13(21(22,23)24)7-14(25)6-12)28-18-16-8-17(29-15-3-4-32-9-15)20(31)30(2)19(16)27-10-26-18/h5-8,10-11,15,29H,3-4,9,25H2,1-2H3,(H,26,27,28)/t11-,15?/m1/s1. The summed E-state index contributed by atoms with van der Waals surface area (Å²) < 4.78 is 46.4. The van der Waals surface area contributed by atoms with Crippen LogP contribution in [0, 0.1) is 0 Å². The predicted molar refractivity (Wildman–Crippen MR) is 116 cm³/mol. The molecule has 32 heavy (non-hydrogen) atoms. The maximum Gasteiger partial charge on any atom is 0.416 e. The van der Waals surface area contributed by atoms with Gasteiger partial charge in [0.1, 0.15) is 23.5 Å². The Morgan fingerprint density at radius 3 is 2.72 bits per heavy atom. The topological polar surface area (TPSA) is 107 Å². The molecule has 4 rings (SSSR count). The Morgan fingerprint density at radius 2 is 2.03 bits per heavy atom. The van der Waals surface area contributed by atoms with Crippen LogP contribution >= 0.6 is 0 Å². The van der Waals surface area contributed by atoms with Gasteiger partial charge in [0.15, 0.2) is 0 Å². The van der Waals surface area contributed by atoms with E-state index >= 15 is 0 Å². The molecule has 8 nitrogen and oxygen atoms in total. The second-order valence-electron chi connectivity index (χ2n) is 7.84. The SMILES string of the molecule is C[C@@H](Nc1ncnc2c1cc(NC1CCOC1)c(=O)n2C)c1cc(N)cc(C(F)(F)F)c1. The summed E-state index contributed by atoms with van der Waals surface area (Å²) in [4.78, 5) is 21.2. The summed E-state index contributed by atoms with van der Waals surface area (Å²) in [5, 5.41) is 6.89. The molecule has 0 aliphatic carbocycles. The zero-order chi connectivity index (χ0) is 23.0. The van der Waals surface area contributed by atoms with Crippen molar-refractivity contribution in [3.63, 3.8) is 0 Å². The summed E-state index contributed by atoms with van der Waals surface area (Å²) in [5.41, 5.74) is 5.79. The first-order chi connectivity index (χ1) is 15.1. The average Bonchev–Trinajstić information content (AvgIpc) is 3.24. The fourth-order valence-electron chi connectivity index (χ4n) is 3.73. The Hall–Kier alpha value is -3.34. The summed E-state index contributed by atoms with van der Waals surface area (Å²) in [6.45, 7) is 2.84. The van der Waals surface area contributed by atoms with Gasteiger partial charge < -0.3 is 21.1 Å². The van der Waals surface area contributed by atoms with E-state index < -0.39 is 17.8 Å². The van der Waals surface area contributed by atoms with E-state index in [1.165, 1.54) is 17.0 Å². The molecule has 0 radical (unpaired) electrons. The number of nitrogens with zero attached hydrogens (tertiary/aromatic N) is 3. The maximum atomic E-state index is 13.2. The van der Waals surface area contributed by atoms with E-state index in [4.69, 9.17) is 10.5 Å². The van der Waals surface area contributed by atoms with Crippen LogP contribution in [0.4, 0.5) is 30.4 Å². The fraction of sp³-hybridized carbons (Fsp3) is 0.381. The monoisotopic (exact) mass is 448 g/mol. The second-order valence-corrected chi connectivity index (χ2v) is 7.84. The first-order valence-corrected chi connectivity index (χ1v) is 10.1. The van der Waals surface area contributed by atoms with Gasteiger partial charge in [-0.15, -0.1) is 0 Å². The number of anilines is 3. The second kappa shape index (κ2) is 8.30. The quantitative estimate of drug-likeness (QED) is 0.514. The highest BCUT2D eigenvalue weighted by atomic mass is 19.4. The van der Waals surface area contributed by atoms with E-state index in [1.54, 1.807) is 20.0 Å². The molecule has 1 fully saturated rings. The number of aromatic nitrogens is 3. The van der Waals surface area contributed by atoms with Crippen LogP contribution in [0.1, 0.15) is 30.5 Å².